The molecule has 0 aliphatic carbocycles. The molecule has 0 fully saturated rings. The predicted octanol–water partition coefficient (Wildman–Crippen LogP) is -4.22. The van der Waals surface area contributed by atoms with Crippen LogP contribution in [0.25, 0.3) is 0 Å². The molecular formula is C7H16O7. The fraction of sp³-hybridized carbons (Fsp3) is 1.00. The molecule has 14 heavy (non-hydrogen) atoms. The predicted molar refractivity (Wildman–Crippen MR) is 44.2 cm³/mol. The van der Waals surface area contributed by atoms with Crippen LogP contribution in [0.15, 0.2) is 0 Å². The van der Waals surface area contributed by atoms with Crippen LogP contribution in [-0.4, -0.2) is 79.5 Å². The minimum absolute atomic E-state index is 0.792. The average molecular weight is 212 g/mol. The number of hydrogen-bond donors (Lipinski definition) is 7. The van der Waals surface area contributed by atoms with E-state index in [-0.39, 0.29) is 0 Å². The molecular weight excluding hydrogens is 196 g/mol. The van der Waals surface area contributed by atoms with Crippen molar-refractivity contribution in [2.45, 2.75) is 30.5 Å². The third kappa shape index (κ3) is 3.46. The summed E-state index contributed by atoms with van der Waals surface area (Å²) < 4.78 is 0. The molecule has 0 radical (unpaired) electrons. The molecule has 0 rings (SSSR count). The Morgan fingerprint density at radius 2 is 0.857 bits per heavy atom. The second-order valence-electron chi connectivity index (χ2n) is 2.97. The van der Waals surface area contributed by atoms with Crippen LogP contribution in [0.1, 0.15) is 0 Å². The monoisotopic (exact) mass is 212 g/mol. The van der Waals surface area contributed by atoms with Crippen LogP contribution in [-0.2, 0) is 0 Å². The van der Waals surface area contributed by atoms with Crippen molar-refractivity contribution < 1.29 is 35.7 Å². The fourth-order valence-electron chi connectivity index (χ4n) is 0.873. The first kappa shape index (κ1) is 13.7. The molecule has 0 heterocycles. The molecule has 7 nitrogen and oxygen atoms in total. The number of rotatable bonds is 6. The normalized spacial score (nSPS) is 22.5. The van der Waals surface area contributed by atoms with Gasteiger partial charge in [-0.25, -0.2) is 0 Å². The quantitative estimate of drug-likeness (QED) is 0.236. The van der Waals surface area contributed by atoms with Crippen LogP contribution in [0, 0.1) is 0 Å². The summed E-state index contributed by atoms with van der Waals surface area (Å²) >= 11 is 0. The molecule has 7 N–H and O–H groups in total. The number of hydrogen-bond acceptors (Lipinski definition) is 7. The van der Waals surface area contributed by atoms with E-state index in [2.05, 4.69) is 0 Å². The summed E-state index contributed by atoms with van der Waals surface area (Å²) in [7, 11) is 0. The summed E-state index contributed by atoms with van der Waals surface area (Å²) in [6, 6.07) is 0. The lowest BCUT2D eigenvalue weighted by Crippen LogP contribution is -2.50. The van der Waals surface area contributed by atoms with Crippen molar-refractivity contribution in [3.05, 3.63) is 0 Å². The van der Waals surface area contributed by atoms with E-state index in [1.165, 1.54) is 0 Å². The second-order valence-corrected chi connectivity index (χ2v) is 2.97. The maximum Gasteiger partial charge on any atom is 0.111 e. The van der Waals surface area contributed by atoms with Gasteiger partial charge < -0.3 is 35.7 Å². The van der Waals surface area contributed by atoms with Gasteiger partial charge in [0.2, 0.25) is 0 Å². The van der Waals surface area contributed by atoms with Crippen molar-refractivity contribution in [1.82, 2.24) is 0 Å². The summed E-state index contributed by atoms with van der Waals surface area (Å²) in [5.74, 6) is 0. The Bertz CT molecular complexity index is 137. The summed E-state index contributed by atoms with van der Waals surface area (Å²) in [4.78, 5) is 0. The van der Waals surface area contributed by atoms with Gasteiger partial charge in [0, 0.05) is 0 Å². The first-order valence-electron chi connectivity index (χ1n) is 4.07. The van der Waals surface area contributed by atoms with Gasteiger partial charge in [-0.05, 0) is 0 Å². The van der Waals surface area contributed by atoms with Crippen LogP contribution < -0.4 is 0 Å². The van der Waals surface area contributed by atoms with E-state index in [1.54, 1.807) is 0 Å². The summed E-state index contributed by atoms with van der Waals surface area (Å²) in [6.07, 6.45) is -8.68. The number of aliphatic hydroxyl groups excluding tert-OH is 7. The highest BCUT2D eigenvalue weighted by Crippen LogP contribution is 2.07. The van der Waals surface area contributed by atoms with Crippen LogP contribution in [0.4, 0.5) is 0 Å². The molecule has 5 atom stereocenters. The highest BCUT2D eigenvalue weighted by atomic mass is 16.4. The van der Waals surface area contributed by atoms with Gasteiger partial charge in [0.25, 0.3) is 0 Å². The first-order valence-corrected chi connectivity index (χ1v) is 4.07. The highest BCUT2D eigenvalue weighted by Gasteiger charge is 2.33. The SMILES string of the molecule is OC[C@H](O)[C@H](O)[C@H](O)[C@H](O)[C@@H](O)CO. The van der Waals surface area contributed by atoms with Gasteiger partial charge >= 0.3 is 0 Å². The molecule has 0 spiro atoms. The van der Waals surface area contributed by atoms with Crippen molar-refractivity contribution in [1.29, 1.82) is 0 Å². The van der Waals surface area contributed by atoms with E-state index in [4.69, 9.17) is 35.7 Å². The molecule has 0 aromatic carbocycles. The van der Waals surface area contributed by atoms with E-state index < -0.39 is 43.7 Å². The molecule has 0 aliphatic heterocycles. The molecule has 0 unspecified atom stereocenters. The molecule has 86 valence electrons. The Balaban J connectivity index is 4.22. The lowest BCUT2D eigenvalue weighted by atomic mass is 10.00. The Hall–Kier alpha value is -0.280. The molecule has 0 amide bonds. The average Bonchev–Trinajstić information content (AvgIpc) is 2.23. The van der Waals surface area contributed by atoms with Crippen molar-refractivity contribution in [2.75, 3.05) is 13.2 Å². The van der Waals surface area contributed by atoms with Crippen LogP contribution in [0.5, 0.6) is 0 Å². The zero-order valence-corrected chi connectivity index (χ0v) is 7.43. The second kappa shape index (κ2) is 6.25. The summed E-state index contributed by atoms with van der Waals surface area (Å²) in [5.41, 5.74) is 0. The van der Waals surface area contributed by atoms with E-state index in [9.17, 15) is 0 Å². The Morgan fingerprint density at radius 3 is 1.07 bits per heavy atom. The summed E-state index contributed by atoms with van der Waals surface area (Å²) in [6.45, 7) is -1.58. The van der Waals surface area contributed by atoms with Gasteiger partial charge in [-0.1, -0.05) is 0 Å². The van der Waals surface area contributed by atoms with E-state index in [1.807, 2.05) is 0 Å². The van der Waals surface area contributed by atoms with Crippen LogP contribution in [0.3, 0.4) is 0 Å². The van der Waals surface area contributed by atoms with Gasteiger partial charge in [0.05, 0.1) is 13.2 Å². The van der Waals surface area contributed by atoms with E-state index in [0.29, 0.717) is 0 Å². The van der Waals surface area contributed by atoms with Crippen LogP contribution in [0.2, 0.25) is 0 Å². The topological polar surface area (TPSA) is 142 Å². The Labute approximate surface area is 80.5 Å². The first-order chi connectivity index (χ1) is 6.45. The van der Waals surface area contributed by atoms with Gasteiger partial charge in [-0.15, -0.1) is 0 Å². The fourth-order valence-corrected chi connectivity index (χ4v) is 0.873. The smallest absolute Gasteiger partial charge is 0.111 e. The van der Waals surface area contributed by atoms with Gasteiger partial charge in [-0.2, -0.15) is 0 Å². The molecule has 0 saturated carbocycles. The third-order valence-electron chi connectivity index (χ3n) is 1.86. The van der Waals surface area contributed by atoms with Crippen LogP contribution >= 0.6 is 0 Å². The van der Waals surface area contributed by atoms with E-state index in [0.717, 1.165) is 0 Å². The van der Waals surface area contributed by atoms with Gasteiger partial charge in [0.15, 0.2) is 0 Å². The zero-order valence-electron chi connectivity index (χ0n) is 7.43. The Kier molecular flexibility index (Phi) is 6.12. The van der Waals surface area contributed by atoms with Crippen molar-refractivity contribution in [2.24, 2.45) is 0 Å². The van der Waals surface area contributed by atoms with E-state index >= 15 is 0 Å². The molecule has 0 aliphatic rings. The lowest BCUT2D eigenvalue weighted by Gasteiger charge is -2.27. The standard InChI is InChI=1S/C7H16O7/c8-1-3(10)5(12)7(14)6(13)4(11)2-9/h3-14H,1-2H2/t3-,4-,5-,6+,7-/m0/s1. The molecule has 7 heteroatoms. The minimum Gasteiger partial charge on any atom is -0.394 e. The highest BCUT2D eigenvalue weighted by molar-refractivity contribution is 4.84. The molecule has 0 bridgehead atoms. The third-order valence-corrected chi connectivity index (χ3v) is 1.86. The lowest BCUT2D eigenvalue weighted by molar-refractivity contribution is -0.145. The Morgan fingerprint density at radius 1 is 0.571 bits per heavy atom. The maximum absolute atomic E-state index is 9.15. The maximum atomic E-state index is 9.15. The van der Waals surface area contributed by atoms with Gasteiger partial charge in [0.1, 0.15) is 30.5 Å². The summed E-state index contributed by atoms with van der Waals surface area (Å²) in [5, 5.41) is 61.9. The minimum atomic E-state index is -1.85. The van der Waals surface area contributed by atoms with Crippen molar-refractivity contribution in [3.63, 3.8) is 0 Å². The molecule has 0 saturated heterocycles. The molecule has 0 aromatic rings. The molecule has 0 aromatic heterocycles. The van der Waals surface area contributed by atoms with Gasteiger partial charge in [-0.3, -0.25) is 0 Å². The van der Waals surface area contributed by atoms with Crippen molar-refractivity contribution >= 4 is 0 Å². The largest absolute Gasteiger partial charge is 0.394 e. The van der Waals surface area contributed by atoms with Crippen molar-refractivity contribution in [3.8, 4) is 0 Å². The number of aliphatic hydroxyl groups is 7. The zero-order chi connectivity index (χ0) is 11.3.